The number of rotatable bonds is 6. The number of hydrogen-bond donors (Lipinski definition) is 1. The highest BCUT2D eigenvalue weighted by atomic mass is 32.2. The Morgan fingerprint density at radius 2 is 2.50 bits per heavy atom. The maximum absolute atomic E-state index is 5.22. The van der Waals surface area contributed by atoms with Crippen molar-refractivity contribution >= 4 is 11.8 Å². The lowest BCUT2D eigenvalue weighted by molar-refractivity contribution is 0.369. The second-order valence-electron chi connectivity index (χ2n) is 4.15. The number of nitrogens with zero attached hydrogens (tertiary/aromatic N) is 2. The van der Waals surface area contributed by atoms with Gasteiger partial charge in [0, 0.05) is 18.1 Å². The maximum Gasteiger partial charge on any atom is 0.226 e. The van der Waals surface area contributed by atoms with Crippen molar-refractivity contribution in [2.24, 2.45) is 0 Å². The molecule has 0 bridgehead atoms. The molecule has 0 aromatic carbocycles. The molecule has 1 aromatic heterocycles. The van der Waals surface area contributed by atoms with E-state index in [1.54, 1.807) is 0 Å². The van der Waals surface area contributed by atoms with Crippen molar-refractivity contribution in [3.8, 4) is 0 Å². The van der Waals surface area contributed by atoms with Crippen LogP contribution in [0.3, 0.4) is 0 Å². The lowest BCUT2D eigenvalue weighted by Gasteiger charge is -2.02. The number of aryl methyl sites for hydroxylation is 1. The van der Waals surface area contributed by atoms with Crippen LogP contribution in [0.25, 0.3) is 0 Å². The molecule has 1 aromatic rings. The first-order chi connectivity index (χ1) is 7.88. The molecule has 1 atom stereocenters. The molecule has 0 amide bonds. The highest BCUT2D eigenvalue weighted by Crippen LogP contribution is 2.28. The van der Waals surface area contributed by atoms with E-state index < -0.39 is 0 Å². The van der Waals surface area contributed by atoms with Crippen LogP contribution in [0.4, 0.5) is 0 Å². The summed E-state index contributed by atoms with van der Waals surface area (Å²) in [4.78, 5) is 4.43. The largest absolute Gasteiger partial charge is 0.339 e. The molecule has 90 valence electrons. The first kappa shape index (κ1) is 11.9. The molecule has 0 saturated carbocycles. The molecule has 1 N–H and O–H groups in total. The molecule has 4 nitrogen and oxygen atoms in total. The van der Waals surface area contributed by atoms with Crippen LogP contribution in [0, 0.1) is 0 Å². The minimum Gasteiger partial charge on any atom is -0.339 e. The Bertz CT molecular complexity index is 310. The van der Waals surface area contributed by atoms with Crippen molar-refractivity contribution in [3.05, 3.63) is 11.7 Å². The fourth-order valence-electron chi connectivity index (χ4n) is 1.90. The van der Waals surface area contributed by atoms with E-state index in [1.807, 2.05) is 18.8 Å². The third-order valence-corrected chi connectivity index (χ3v) is 4.16. The van der Waals surface area contributed by atoms with Gasteiger partial charge in [0.25, 0.3) is 0 Å². The minimum absolute atomic E-state index is 0.711. The van der Waals surface area contributed by atoms with Crippen LogP contribution in [-0.4, -0.2) is 34.7 Å². The van der Waals surface area contributed by atoms with E-state index in [-0.39, 0.29) is 0 Å². The topological polar surface area (TPSA) is 51.0 Å². The summed E-state index contributed by atoms with van der Waals surface area (Å²) in [6.07, 6.45) is 5.54. The van der Waals surface area contributed by atoms with Gasteiger partial charge in [-0.3, -0.25) is 0 Å². The fraction of sp³-hybridized carbons (Fsp3) is 0.818. The van der Waals surface area contributed by atoms with Crippen molar-refractivity contribution in [3.63, 3.8) is 0 Å². The Morgan fingerprint density at radius 1 is 1.56 bits per heavy atom. The monoisotopic (exact) mass is 241 g/mol. The van der Waals surface area contributed by atoms with Gasteiger partial charge in [-0.05, 0) is 38.6 Å². The van der Waals surface area contributed by atoms with Crippen molar-refractivity contribution in [1.82, 2.24) is 15.5 Å². The summed E-state index contributed by atoms with van der Waals surface area (Å²) in [5, 5.41) is 7.86. The molecule has 1 aliphatic heterocycles. The van der Waals surface area contributed by atoms with E-state index >= 15 is 0 Å². The summed E-state index contributed by atoms with van der Waals surface area (Å²) in [5.41, 5.74) is 0. The summed E-state index contributed by atoms with van der Waals surface area (Å²) in [6, 6.07) is 0. The Balaban J connectivity index is 1.77. The molecule has 0 aliphatic carbocycles. The summed E-state index contributed by atoms with van der Waals surface area (Å²) in [7, 11) is 1.95. The summed E-state index contributed by atoms with van der Waals surface area (Å²) < 4.78 is 5.22. The standard InChI is InChI=1S/C11H19N3OS/c1-12-6-2-5-11-13-10(14-15-11)8-9-4-3-7-16-9/h9,12H,2-8H2,1H3. The predicted molar refractivity (Wildman–Crippen MR) is 65.7 cm³/mol. The first-order valence-electron chi connectivity index (χ1n) is 5.96. The molecule has 1 unspecified atom stereocenters. The molecule has 0 radical (unpaired) electrons. The number of thioether (sulfide) groups is 1. The average Bonchev–Trinajstić information content (AvgIpc) is 2.91. The summed E-state index contributed by atoms with van der Waals surface area (Å²) in [5.74, 6) is 2.96. The average molecular weight is 241 g/mol. The number of hydrogen-bond acceptors (Lipinski definition) is 5. The third-order valence-electron chi connectivity index (χ3n) is 2.76. The Hall–Kier alpha value is -0.550. The highest BCUT2D eigenvalue weighted by Gasteiger charge is 2.18. The van der Waals surface area contributed by atoms with Gasteiger partial charge in [-0.25, -0.2) is 0 Å². The zero-order valence-corrected chi connectivity index (χ0v) is 10.6. The van der Waals surface area contributed by atoms with Gasteiger partial charge in [0.2, 0.25) is 5.89 Å². The second kappa shape index (κ2) is 6.25. The molecule has 1 fully saturated rings. The quantitative estimate of drug-likeness (QED) is 0.768. The molecule has 2 heterocycles. The third kappa shape index (κ3) is 3.49. The van der Waals surface area contributed by atoms with Gasteiger partial charge in [0.05, 0.1) is 0 Å². The van der Waals surface area contributed by atoms with E-state index in [9.17, 15) is 0 Å². The minimum atomic E-state index is 0.711. The molecule has 16 heavy (non-hydrogen) atoms. The van der Waals surface area contributed by atoms with Gasteiger partial charge in [0.1, 0.15) is 0 Å². The van der Waals surface area contributed by atoms with E-state index in [0.717, 1.165) is 37.5 Å². The van der Waals surface area contributed by atoms with Gasteiger partial charge >= 0.3 is 0 Å². The molecule has 0 spiro atoms. The maximum atomic E-state index is 5.22. The lowest BCUT2D eigenvalue weighted by Crippen LogP contribution is -2.08. The van der Waals surface area contributed by atoms with Crippen molar-refractivity contribution < 1.29 is 4.52 Å². The van der Waals surface area contributed by atoms with Gasteiger partial charge in [0.15, 0.2) is 5.82 Å². The first-order valence-corrected chi connectivity index (χ1v) is 7.01. The van der Waals surface area contributed by atoms with E-state index in [4.69, 9.17) is 4.52 Å². The molecular weight excluding hydrogens is 222 g/mol. The van der Waals surface area contributed by atoms with Crippen molar-refractivity contribution in [2.75, 3.05) is 19.3 Å². The van der Waals surface area contributed by atoms with Crippen LogP contribution in [0.15, 0.2) is 4.52 Å². The SMILES string of the molecule is CNCCCc1nc(CC2CCCS2)no1. The van der Waals surface area contributed by atoms with Gasteiger partial charge in [-0.1, -0.05) is 5.16 Å². The number of aromatic nitrogens is 2. The predicted octanol–water partition coefficient (Wildman–Crippen LogP) is 1.66. The Labute approximate surface area is 101 Å². The number of nitrogens with one attached hydrogen (secondary N) is 1. The van der Waals surface area contributed by atoms with E-state index in [1.165, 1.54) is 18.6 Å². The van der Waals surface area contributed by atoms with Gasteiger partial charge in [-0.15, -0.1) is 0 Å². The van der Waals surface area contributed by atoms with Crippen LogP contribution in [-0.2, 0) is 12.8 Å². The Kier molecular flexibility index (Phi) is 4.66. The van der Waals surface area contributed by atoms with Crippen LogP contribution < -0.4 is 5.32 Å². The van der Waals surface area contributed by atoms with E-state index in [0.29, 0.717) is 5.25 Å². The zero-order chi connectivity index (χ0) is 11.2. The second-order valence-corrected chi connectivity index (χ2v) is 5.56. The van der Waals surface area contributed by atoms with Crippen LogP contribution >= 0.6 is 11.8 Å². The Morgan fingerprint density at radius 3 is 3.25 bits per heavy atom. The summed E-state index contributed by atoms with van der Waals surface area (Å²) >= 11 is 2.04. The zero-order valence-electron chi connectivity index (χ0n) is 9.74. The van der Waals surface area contributed by atoms with Crippen LogP contribution in [0.2, 0.25) is 0 Å². The van der Waals surface area contributed by atoms with E-state index in [2.05, 4.69) is 15.5 Å². The molecule has 1 aliphatic rings. The van der Waals surface area contributed by atoms with Crippen molar-refractivity contribution in [1.29, 1.82) is 0 Å². The highest BCUT2D eigenvalue weighted by molar-refractivity contribution is 8.00. The van der Waals surface area contributed by atoms with Gasteiger partial charge in [-0.2, -0.15) is 16.7 Å². The molecule has 5 heteroatoms. The normalized spacial score (nSPS) is 20.4. The van der Waals surface area contributed by atoms with Gasteiger partial charge < -0.3 is 9.84 Å². The lowest BCUT2D eigenvalue weighted by atomic mass is 10.2. The molecule has 1 saturated heterocycles. The van der Waals surface area contributed by atoms with Crippen LogP contribution in [0.1, 0.15) is 31.0 Å². The fourth-order valence-corrected chi connectivity index (χ4v) is 3.17. The molecule has 2 rings (SSSR count). The smallest absolute Gasteiger partial charge is 0.226 e. The van der Waals surface area contributed by atoms with Crippen LogP contribution in [0.5, 0.6) is 0 Å². The van der Waals surface area contributed by atoms with Crippen molar-refractivity contribution in [2.45, 2.75) is 37.4 Å². The summed E-state index contributed by atoms with van der Waals surface area (Å²) in [6.45, 7) is 0.996. The molecular formula is C11H19N3OS.